The van der Waals surface area contributed by atoms with E-state index < -0.39 is 5.76 Å². The van der Waals surface area contributed by atoms with E-state index in [0.29, 0.717) is 42.7 Å². The van der Waals surface area contributed by atoms with Crippen LogP contribution in [0.3, 0.4) is 0 Å². The third-order valence-corrected chi connectivity index (χ3v) is 5.43. The lowest BCUT2D eigenvalue weighted by Crippen LogP contribution is -2.26. The zero-order chi connectivity index (χ0) is 24.2. The van der Waals surface area contributed by atoms with Crippen LogP contribution < -0.4 is 25.9 Å². The van der Waals surface area contributed by atoms with Crippen LogP contribution in [0.2, 0.25) is 0 Å². The number of carbonyl (C=O) groups is 1. The van der Waals surface area contributed by atoms with Crippen LogP contribution in [-0.2, 0) is 17.8 Å². The average Bonchev–Trinajstić information content (AvgIpc) is 3.26. The number of pyridine rings is 2. The molecule has 0 aliphatic carbocycles. The summed E-state index contributed by atoms with van der Waals surface area (Å²) in [7, 11) is 1.60. The van der Waals surface area contributed by atoms with Crippen molar-refractivity contribution in [2.24, 2.45) is 0 Å². The molecule has 1 aliphatic rings. The van der Waals surface area contributed by atoms with Crippen molar-refractivity contribution in [1.29, 1.82) is 0 Å². The Kier molecular flexibility index (Phi) is 6.27. The number of ether oxygens (including phenoxy) is 2. The minimum Gasteiger partial charge on any atom is -0.481 e. The molecule has 3 aromatic heterocycles. The number of nitrogens with one attached hydrogen (secondary N) is 2. The standard InChI is InChI=1S/C25H23N5O5/c1-33-23-7-3-6-19(27-23)17-5-2-4-16(12-17)13-26-11-10-18-14-30(25(32)35-18)21-9-8-20-24(28-21)29-22(31)15-34-20/h2-9,12,14,26H,10-11,13,15H2,1H3,(H,28,29,31). The number of benzene rings is 1. The summed E-state index contributed by atoms with van der Waals surface area (Å²) in [5.74, 6) is 1.33. The first kappa shape index (κ1) is 22.4. The molecule has 35 heavy (non-hydrogen) atoms. The number of hydrogen-bond donors (Lipinski definition) is 2. The Morgan fingerprint density at radius 2 is 2.00 bits per heavy atom. The van der Waals surface area contributed by atoms with Gasteiger partial charge in [0.15, 0.2) is 18.2 Å². The first-order chi connectivity index (χ1) is 17.1. The highest BCUT2D eigenvalue weighted by atomic mass is 16.5. The second-order valence-electron chi connectivity index (χ2n) is 7.88. The van der Waals surface area contributed by atoms with Gasteiger partial charge in [0, 0.05) is 31.1 Å². The van der Waals surface area contributed by atoms with Gasteiger partial charge in [-0.1, -0.05) is 24.3 Å². The molecule has 1 amide bonds. The van der Waals surface area contributed by atoms with Crippen LogP contribution in [-0.4, -0.2) is 40.7 Å². The van der Waals surface area contributed by atoms with Gasteiger partial charge < -0.3 is 24.5 Å². The monoisotopic (exact) mass is 473 g/mol. The van der Waals surface area contributed by atoms with Gasteiger partial charge in [-0.2, -0.15) is 0 Å². The van der Waals surface area contributed by atoms with Crippen LogP contribution in [0.15, 0.2) is 70.0 Å². The van der Waals surface area contributed by atoms with Crippen molar-refractivity contribution in [3.63, 3.8) is 0 Å². The van der Waals surface area contributed by atoms with Crippen LogP contribution in [0, 0.1) is 0 Å². The Hall–Kier alpha value is -4.44. The van der Waals surface area contributed by atoms with Crippen molar-refractivity contribution in [3.8, 4) is 28.7 Å². The quantitative estimate of drug-likeness (QED) is 0.375. The molecule has 2 N–H and O–H groups in total. The molecule has 0 unspecified atom stereocenters. The fourth-order valence-corrected chi connectivity index (χ4v) is 3.72. The van der Waals surface area contributed by atoms with Crippen molar-refractivity contribution >= 4 is 11.7 Å². The summed E-state index contributed by atoms with van der Waals surface area (Å²) in [4.78, 5) is 32.7. The van der Waals surface area contributed by atoms with Gasteiger partial charge in [0.1, 0.15) is 11.6 Å². The van der Waals surface area contributed by atoms with Crippen molar-refractivity contribution in [2.75, 3.05) is 25.6 Å². The maximum Gasteiger partial charge on any atom is 0.424 e. The number of carbonyl (C=O) groups excluding carboxylic acids is 1. The molecular weight excluding hydrogens is 450 g/mol. The molecular formula is C25H23N5O5. The van der Waals surface area contributed by atoms with Crippen LogP contribution >= 0.6 is 0 Å². The first-order valence-electron chi connectivity index (χ1n) is 11.1. The minimum atomic E-state index is -0.547. The Morgan fingerprint density at radius 1 is 1.11 bits per heavy atom. The first-order valence-corrected chi connectivity index (χ1v) is 11.1. The Morgan fingerprint density at radius 3 is 2.89 bits per heavy atom. The number of amides is 1. The number of nitrogens with zero attached hydrogens (tertiary/aromatic N) is 3. The average molecular weight is 473 g/mol. The van der Waals surface area contributed by atoms with Gasteiger partial charge in [0.2, 0.25) is 5.88 Å². The van der Waals surface area contributed by atoms with Crippen LogP contribution in [0.5, 0.6) is 11.6 Å². The summed E-state index contributed by atoms with van der Waals surface area (Å²) in [6, 6.07) is 17.1. The molecule has 0 radical (unpaired) electrons. The number of methoxy groups -OCH3 is 1. The van der Waals surface area contributed by atoms with E-state index in [1.807, 2.05) is 36.4 Å². The Labute approximate surface area is 200 Å². The highest BCUT2D eigenvalue weighted by Crippen LogP contribution is 2.26. The van der Waals surface area contributed by atoms with Crippen molar-refractivity contribution in [3.05, 3.63) is 82.7 Å². The van der Waals surface area contributed by atoms with E-state index in [-0.39, 0.29) is 18.3 Å². The molecule has 4 aromatic rings. The molecule has 1 aromatic carbocycles. The molecule has 0 atom stereocenters. The molecule has 5 rings (SSSR count). The lowest BCUT2D eigenvalue weighted by molar-refractivity contribution is -0.118. The maximum absolute atomic E-state index is 12.3. The predicted molar refractivity (Wildman–Crippen MR) is 128 cm³/mol. The molecule has 10 heteroatoms. The topological polar surface area (TPSA) is 121 Å². The van der Waals surface area contributed by atoms with E-state index in [9.17, 15) is 9.59 Å². The largest absolute Gasteiger partial charge is 0.481 e. The van der Waals surface area contributed by atoms with Gasteiger partial charge >= 0.3 is 5.76 Å². The summed E-state index contributed by atoms with van der Waals surface area (Å²) in [5, 5.41) is 6.00. The number of hydrogen-bond acceptors (Lipinski definition) is 8. The van der Waals surface area contributed by atoms with Gasteiger partial charge in [-0.3, -0.25) is 4.79 Å². The summed E-state index contributed by atoms with van der Waals surface area (Å²) >= 11 is 0. The lowest BCUT2D eigenvalue weighted by atomic mass is 10.1. The molecule has 1 aliphatic heterocycles. The van der Waals surface area contributed by atoms with Gasteiger partial charge in [-0.05, 0) is 29.8 Å². The van der Waals surface area contributed by atoms with Gasteiger partial charge in [0.05, 0.1) is 19.0 Å². The van der Waals surface area contributed by atoms with E-state index in [1.165, 1.54) is 4.57 Å². The summed E-state index contributed by atoms with van der Waals surface area (Å²) < 4.78 is 17.2. The lowest BCUT2D eigenvalue weighted by Gasteiger charge is -2.17. The number of anilines is 1. The highest BCUT2D eigenvalue weighted by Gasteiger charge is 2.19. The zero-order valence-electron chi connectivity index (χ0n) is 19.0. The number of fused-ring (bicyclic) bond motifs is 1. The molecule has 178 valence electrons. The van der Waals surface area contributed by atoms with Crippen LogP contribution in [0.25, 0.3) is 17.1 Å². The van der Waals surface area contributed by atoms with Gasteiger partial charge in [-0.25, -0.2) is 19.3 Å². The number of rotatable bonds is 8. The second kappa shape index (κ2) is 9.82. The van der Waals surface area contributed by atoms with E-state index in [1.54, 1.807) is 25.4 Å². The predicted octanol–water partition coefficient (Wildman–Crippen LogP) is 2.56. The summed E-state index contributed by atoms with van der Waals surface area (Å²) in [5.41, 5.74) is 2.95. The normalized spacial score (nSPS) is 12.5. The fourth-order valence-electron chi connectivity index (χ4n) is 3.72. The zero-order valence-corrected chi connectivity index (χ0v) is 19.0. The maximum atomic E-state index is 12.3. The number of oxazole rings is 1. The number of aromatic nitrogens is 3. The van der Waals surface area contributed by atoms with Crippen LogP contribution in [0.1, 0.15) is 11.3 Å². The van der Waals surface area contributed by atoms with Gasteiger partial charge in [-0.15, -0.1) is 0 Å². The third-order valence-electron chi connectivity index (χ3n) is 5.43. The van der Waals surface area contributed by atoms with Crippen LogP contribution in [0.4, 0.5) is 5.82 Å². The molecule has 0 spiro atoms. The SMILES string of the molecule is COc1cccc(-c2cccc(CNCCc3cn(-c4ccc5c(n4)NC(=O)CO5)c(=O)o3)c2)n1. The summed E-state index contributed by atoms with van der Waals surface area (Å²) in [6.45, 7) is 1.20. The third kappa shape index (κ3) is 5.07. The molecule has 0 saturated carbocycles. The van der Waals surface area contributed by atoms with E-state index >= 15 is 0 Å². The molecule has 0 fully saturated rings. The van der Waals surface area contributed by atoms with Crippen molar-refractivity contribution in [1.82, 2.24) is 19.9 Å². The molecule has 4 heterocycles. The Balaban J connectivity index is 1.20. The second-order valence-corrected chi connectivity index (χ2v) is 7.88. The van der Waals surface area contributed by atoms with Crippen molar-refractivity contribution in [2.45, 2.75) is 13.0 Å². The molecule has 0 saturated heterocycles. The summed E-state index contributed by atoms with van der Waals surface area (Å²) in [6.07, 6.45) is 2.13. The smallest absolute Gasteiger partial charge is 0.424 e. The minimum absolute atomic E-state index is 0.0565. The molecule has 10 nitrogen and oxygen atoms in total. The van der Waals surface area contributed by atoms with Crippen molar-refractivity contribution < 1.29 is 18.7 Å². The van der Waals surface area contributed by atoms with E-state index in [0.717, 1.165) is 16.8 Å². The van der Waals surface area contributed by atoms with E-state index in [2.05, 4.69) is 26.7 Å². The highest BCUT2D eigenvalue weighted by molar-refractivity contribution is 5.94. The Bertz CT molecular complexity index is 1430. The molecule has 0 bridgehead atoms. The fraction of sp³-hybridized carbons (Fsp3) is 0.200. The van der Waals surface area contributed by atoms with E-state index in [4.69, 9.17) is 13.9 Å². The van der Waals surface area contributed by atoms with Gasteiger partial charge in [0.25, 0.3) is 5.91 Å².